The van der Waals surface area contributed by atoms with Crippen LogP contribution >= 0.6 is 0 Å². The molecular weight excluding hydrogens is 391 g/mol. The molecule has 0 aliphatic rings. The summed E-state index contributed by atoms with van der Waals surface area (Å²) in [5, 5.41) is 1.56. The van der Waals surface area contributed by atoms with Crippen LogP contribution < -0.4 is 0 Å². The Morgan fingerprint density at radius 2 is 1.34 bits per heavy atom. The van der Waals surface area contributed by atoms with Crippen molar-refractivity contribution < 1.29 is 4.39 Å². The summed E-state index contributed by atoms with van der Waals surface area (Å²) in [7, 11) is 0. The second kappa shape index (κ2) is 10.3. The maximum Gasteiger partial charge on any atom is 0.134 e. The number of unbranched alkanes of at least 4 members (excludes halogenated alkanes) is 1. The Bertz CT molecular complexity index is 1250. The highest BCUT2D eigenvalue weighted by molar-refractivity contribution is 5.85. The van der Waals surface area contributed by atoms with Crippen LogP contribution in [0.5, 0.6) is 0 Å². The number of fused-ring (bicyclic) bond motifs is 1. The second-order valence-corrected chi connectivity index (χ2v) is 8.51. The van der Waals surface area contributed by atoms with Crippen LogP contribution in [0.4, 0.5) is 4.39 Å². The quantitative estimate of drug-likeness (QED) is 0.279. The molecule has 0 N–H and O–H groups in total. The average Bonchev–Trinajstić information content (AvgIpc) is 2.82. The summed E-state index contributed by atoms with van der Waals surface area (Å²) in [6.07, 6.45) is 5.11. The van der Waals surface area contributed by atoms with Crippen LogP contribution in [0.2, 0.25) is 0 Å². The average molecular weight is 421 g/mol. The van der Waals surface area contributed by atoms with Gasteiger partial charge in [-0.1, -0.05) is 85.3 Å². The molecule has 0 fully saturated rings. The Morgan fingerprint density at radius 3 is 2.06 bits per heavy atom. The summed E-state index contributed by atoms with van der Waals surface area (Å²) in [5.74, 6) is 6.28. The molecule has 4 aromatic rings. The minimum Gasteiger partial charge on any atom is -0.206 e. The predicted molar refractivity (Wildman–Crippen MR) is 134 cm³/mol. The van der Waals surface area contributed by atoms with E-state index in [1.807, 2.05) is 42.5 Å². The van der Waals surface area contributed by atoms with E-state index in [0.717, 1.165) is 34.9 Å². The van der Waals surface area contributed by atoms with Gasteiger partial charge >= 0.3 is 0 Å². The highest BCUT2D eigenvalue weighted by Gasteiger charge is 2.08. The van der Waals surface area contributed by atoms with Gasteiger partial charge in [0.05, 0.1) is 0 Å². The lowest BCUT2D eigenvalue weighted by Crippen LogP contribution is -1.96. The first kappa shape index (κ1) is 21.8. The molecule has 0 spiro atoms. The largest absolute Gasteiger partial charge is 0.206 e. The normalized spacial score (nSPS) is 10.7. The SMILES string of the molecule is CCCCc1ccc(CCc2ccc3cc(C#Cc4ccc(C)cc4)ccc3c2F)cc1. The molecule has 0 saturated heterocycles. The van der Waals surface area contributed by atoms with Gasteiger partial charge in [0.1, 0.15) is 5.82 Å². The van der Waals surface area contributed by atoms with Crippen molar-refractivity contribution in [2.24, 2.45) is 0 Å². The van der Waals surface area contributed by atoms with Crippen LogP contribution in [0.25, 0.3) is 10.8 Å². The fourth-order valence-electron chi connectivity index (χ4n) is 3.92. The topological polar surface area (TPSA) is 0 Å². The Labute approximate surface area is 191 Å². The molecule has 160 valence electrons. The van der Waals surface area contributed by atoms with Crippen LogP contribution in [0, 0.1) is 24.6 Å². The molecule has 0 bridgehead atoms. The first-order valence-electron chi connectivity index (χ1n) is 11.5. The minimum atomic E-state index is -0.111. The van der Waals surface area contributed by atoms with E-state index < -0.39 is 0 Å². The Morgan fingerprint density at radius 1 is 0.688 bits per heavy atom. The van der Waals surface area contributed by atoms with Gasteiger partial charge in [-0.05, 0) is 78.9 Å². The van der Waals surface area contributed by atoms with E-state index >= 15 is 4.39 Å². The highest BCUT2D eigenvalue weighted by Crippen LogP contribution is 2.24. The van der Waals surface area contributed by atoms with Crippen molar-refractivity contribution in [3.63, 3.8) is 0 Å². The third-order valence-electron chi connectivity index (χ3n) is 5.96. The molecule has 32 heavy (non-hydrogen) atoms. The molecule has 4 rings (SSSR count). The van der Waals surface area contributed by atoms with E-state index in [9.17, 15) is 0 Å². The first-order chi connectivity index (χ1) is 15.6. The monoisotopic (exact) mass is 420 g/mol. The molecule has 0 amide bonds. The molecule has 0 unspecified atom stereocenters. The lowest BCUT2D eigenvalue weighted by Gasteiger charge is -2.08. The molecule has 0 atom stereocenters. The number of benzene rings is 4. The van der Waals surface area contributed by atoms with Gasteiger partial charge in [-0.25, -0.2) is 4.39 Å². The Hall–Kier alpha value is -3.37. The van der Waals surface area contributed by atoms with Crippen LogP contribution in [0.1, 0.15) is 53.1 Å². The van der Waals surface area contributed by atoms with E-state index in [2.05, 4.69) is 62.1 Å². The molecule has 1 heteroatoms. The third-order valence-corrected chi connectivity index (χ3v) is 5.96. The van der Waals surface area contributed by atoms with Gasteiger partial charge in [0.2, 0.25) is 0 Å². The predicted octanol–water partition coefficient (Wildman–Crippen LogP) is 7.81. The van der Waals surface area contributed by atoms with E-state index in [0.29, 0.717) is 11.8 Å². The number of rotatable bonds is 6. The summed E-state index contributed by atoms with van der Waals surface area (Å²) < 4.78 is 15.2. The van der Waals surface area contributed by atoms with Gasteiger partial charge in [-0.3, -0.25) is 0 Å². The van der Waals surface area contributed by atoms with Crippen LogP contribution in [-0.2, 0) is 19.3 Å². The van der Waals surface area contributed by atoms with Gasteiger partial charge < -0.3 is 0 Å². The van der Waals surface area contributed by atoms with E-state index in [-0.39, 0.29) is 5.82 Å². The summed E-state index contributed by atoms with van der Waals surface area (Å²) in [6.45, 7) is 4.28. The zero-order valence-corrected chi connectivity index (χ0v) is 18.9. The molecule has 0 aliphatic heterocycles. The smallest absolute Gasteiger partial charge is 0.134 e. The third kappa shape index (κ3) is 5.45. The lowest BCUT2D eigenvalue weighted by atomic mass is 9.98. The number of hydrogen-bond acceptors (Lipinski definition) is 0. The van der Waals surface area contributed by atoms with Crippen molar-refractivity contribution in [2.45, 2.75) is 46.0 Å². The van der Waals surface area contributed by atoms with E-state index in [1.165, 1.54) is 29.5 Å². The second-order valence-electron chi connectivity index (χ2n) is 8.51. The van der Waals surface area contributed by atoms with Gasteiger partial charge in [0.25, 0.3) is 0 Å². The molecule has 0 aromatic heterocycles. The van der Waals surface area contributed by atoms with Crippen molar-refractivity contribution in [3.8, 4) is 11.8 Å². The van der Waals surface area contributed by atoms with E-state index in [1.54, 1.807) is 0 Å². The van der Waals surface area contributed by atoms with Crippen molar-refractivity contribution >= 4 is 10.8 Å². The van der Waals surface area contributed by atoms with Crippen molar-refractivity contribution in [1.82, 2.24) is 0 Å². The first-order valence-corrected chi connectivity index (χ1v) is 11.5. The zero-order chi connectivity index (χ0) is 22.3. The maximum atomic E-state index is 15.2. The molecular formula is C31H29F. The van der Waals surface area contributed by atoms with Crippen LogP contribution in [0.15, 0.2) is 78.9 Å². The van der Waals surface area contributed by atoms with Gasteiger partial charge in [-0.2, -0.15) is 0 Å². The minimum absolute atomic E-state index is 0.111. The summed E-state index contributed by atoms with van der Waals surface area (Å²) in [6, 6.07) is 26.6. The molecule has 0 radical (unpaired) electrons. The van der Waals surface area contributed by atoms with Gasteiger partial charge in [0.15, 0.2) is 0 Å². The van der Waals surface area contributed by atoms with Gasteiger partial charge in [0, 0.05) is 16.5 Å². The summed E-state index contributed by atoms with van der Waals surface area (Å²) in [4.78, 5) is 0. The molecule has 4 aromatic carbocycles. The van der Waals surface area contributed by atoms with Crippen molar-refractivity contribution in [3.05, 3.63) is 118 Å². The zero-order valence-electron chi connectivity index (χ0n) is 18.9. The number of aryl methyl sites for hydroxylation is 4. The van der Waals surface area contributed by atoms with Crippen molar-refractivity contribution in [1.29, 1.82) is 0 Å². The van der Waals surface area contributed by atoms with Crippen LogP contribution in [-0.4, -0.2) is 0 Å². The lowest BCUT2D eigenvalue weighted by molar-refractivity contribution is 0.620. The highest BCUT2D eigenvalue weighted by atomic mass is 19.1. The molecule has 0 saturated carbocycles. The summed E-state index contributed by atoms with van der Waals surface area (Å²) in [5.41, 5.74) is 6.51. The van der Waals surface area contributed by atoms with Gasteiger partial charge in [-0.15, -0.1) is 0 Å². The Kier molecular flexibility index (Phi) is 7.03. The molecule has 0 heterocycles. The molecule has 0 nitrogen and oxygen atoms in total. The summed E-state index contributed by atoms with van der Waals surface area (Å²) >= 11 is 0. The standard InChI is InChI=1S/C31H29F/c1-3-4-5-24-10-12-26(13-11-24)16-18-28-19-20-29-22-27(17-21-30(29)31(28)32)15-14-25-8-6-23(2)7-9-25/h6-13,17,19-22H,3-5,16,18H2,1-2H3. The Balaban J connectivity index is 1.47. The fraction of sp³-hybridized carbons (Fsp3) is 0.226. The number of halogens is 1. The number of hydrogen-bond donors (Lipinski definition) is 0. The fourth-order valence-corrected chi connectivity index (χ4v) is 3.92. The maximum absolute atomic E-state index is 15.2. The van der Waals surface area contributed by atoms with Crippen molar-refractivity contribution in [2.75, 3.05) is 0 Å². The van der Waals surface area contributed by atoms with E-state index in [4.69, 9.17) is 0 Å². The van der Waals surface area contributed by atoms with Crippen LogP contribution in [0.3, 0.4) is 0 Å². The molecule has 0 aliphatic carbocycles.